The molecule has 0 saturated carbocycles. The van der Waals surface area contributed by atoms with Gasteiger partial charge in [0.1, 0.15) is 5.54 Å². The fourth-order valence-electron chi connectivity index (χ4n) is 2.10. The van der Waals surface area contributed by atoms with Crippen molar-refractivity contribution in [1.82, 2.24) is 5.32 Å². The molecule has 0 rings (SSSR count). The smallest absolute Gasteiger partial charge is 0.326 e. The summed E-state index contributed by atoms with van der Waals surface area (Å²) in [5.41, 5.74) is -0.514. The average Bonchev–Trinajstić information content (AvgIpc) is 2.36. The third kappa shape index (κ3) is 4.66. The summed E-state index contributed by atoms with van der Waals surface area (Å²) in [6, 6.07) is 0.332. The van der Waals surface area contributed by atoms with E-state index in [4.69, 9.17) is 4.74 Å². The molecular formula is C14H29NO2. The van der Waals surface area contributed by atoms with Crippen LogP contribution >= 0.6 is 0 Å². The highest BCUT2D eigenvalue weighted by Gasteiger charge is 2.39. The first-order valence-corrected chi connectivity index (χ1v) is 6.81. The molecular weight excluding hydrogens is 214 g/mol. The Morgan fingerprint density at radius 1 is 1.24 bits per heavy atom. The van der Waals surface area contributed by atoms with Crippen LogP contribution in [0.3, 0.4) is 0 Å². The lowest BCUT2D eigenvalue weighted by Crippen LogP contribution is -2.56. The van der Waals surface area contributed by atoms with Crippen LogP contribution in [0.5, 0.6) is 0 Å². The summed E-state index contributed by atoms with van der Waals surface area (Å²) < 4.78 is 5.00. The molecule has 3 unspecified atom stereocenters. The molecule has 0 aromatic heterocycles. The van der Waals surface area contributed by atoms with E-state index in [2.05, 4.69) is 39.9 Å². The Hall–Kier alpha value is -0.570. The van der Waals surface area contributed by atoms with Gasteiger partial charge in [-0.15, -0.1) is 0 Å². The van der Waals surface area contributed by atoms with E-state index >= 15 is 0 Å². The normalized spacial score (nSPS) is 18.2. The van der Waals surface area contributed by atoms with Crippen LogP contribution in [0.1, 0.15) is 60.3 Å². The number of rotatable bonds is 8. The number of ether oxygens (including phenoxy) is 1. The van der Waals surface area contributed by atoms with Crippen molar-refractivity contribution < 1.29 is 9.53 Å². The Morgan fingerprint density at radius 3 is 2.18 bits per heavy atom. The molecule has 0 aliphatic heterocycles. The molecule has 0 fully saturated rings. The molecule has 0 aromatic carbocycles. The first kappa shape index (κ1) is 16.4. The van der Waals surface area contributed by atoms with Gasteiger partial charge in [-0.2, -0.15) is 0 Å². The third-order valence-corrected chi connectivity index (χ3v) is 3.71. The summed E-state index contributed by atoms with van der Waals surface area (Å²) in [6.45, 7) is 10.6. The van der Waals surface area contributed by atoms with Crippen molar-refractivity contribution in [3.8, 4) is 0 Å². The van der Waals surface area contributed by atoms with E-state index in [9.17, 15) is 4.79 Å². The predicted octanol–water partition coefficient (Wildman–Crippen LogP) is 3.13. The van der Waals surface area contributed by atoms with E-state index in [0.29, 0.717) is 12.0 Å². The minimum Gasteiger partial charge on any atom is -0.468 e. The van der Waals surface area contributed by atoms with Gasteiger partial charge < -0.3 is 4.74 Å². The molecule has 0 amide bonds. The van der Waals surface area contributed by atoms with Gasteiger partial charge in [0.15, 0.2) is 0 Å². The maximum Gasteiger partial charge on any atom is 0.326 e. The van der Waals surface area contributed by atoms with Crippen molar-refractivity contribution in [1.29, 1.82) is 0 Å². The quantitative estimate of drug-likeness (QED) is 0.666. The number of esters is 1. The monoisotopic (exact) mass is 243 g/mol. The van der Waals surface area contributed by atoms with E-state index in [1.165, 1.54) is 7.11 Å². The molecule has 0 aliphatic rings. The minimum absolute atomic E-state index is 0.124. The van der Waals surface area contributed by atoms with Gasteiger partial charge in [-0.05, 0) is 32.1 Å². The molecule has 0 bridgehead atoms. The maximum atomic E-state index is 12.1. The molecule has 3 atom stereocenters. The van der Waals surface area contributed by atoms with Crippen LogP contribution in [-0.4, -0.2) is 24.7 Å². The SMILES string of the molecule is CCC(C)CC(CC)(NC(C)CC)C(=O)OC. The van der Waals surface area contributed by atoms with E-state index in [1.807, 2.05) is 0 Å². The Bertz CT molecular complexity index is 216. The molecule has 0 aliphatic carbocycles. The molecule has 1 N–H and O–H groups in total. The zero-order chi connectivity index (χ0) is 13.5. The molecule has 3 heteroatoms. The molecule has 0 heterocycles. The minimum atomic E-state index is -0.514. The largest absolute Gasteiger partial charge is 0.468 e. The Kier molecular flexibility index (Phi) is 7.44. The number of hydrogen-bond donors (Lipinski definition) is 1. The lowest BCUT2D eigenvalue weighted by Gasteiger charge is -2.35. The summed E-state index contributed by atoms with van der Waals surface area (Å²) >= 11 is 0. The number of hydrogen-bond acceptors (Lipinski definition) is 3. The standard InChI is InChI=1S/C14H29NO2/c1-7-11(4)10-14(9-3,13(16)17-6)15-12(5)8-2/h11-12,15H,7-10H2,1-6H3. The second-order valence-electron chi connectivity index (χ2n) is 5.10. The van der Waals surface area contributed by atoms with Gasteiger partial charge >= 0.3 is 5.97 Å². The van der Waals surface area contributed by atoms with Crippen molar-refractivity contribution in [3.63, 3.8) is 0 Å². The van der Waals surface area contributed by atoms with E-state index < -0.39 is 5.54 Å². The lowest BCUT2D eigenvalue weighted by molar-refractivity contribution is -0.150. The third-order valence-electron chi connectivity index (χ3n) is 3.71. The lowest BCUT2D eigenvalue weighted by atomic mass is 9.84. The molecule has 17 heavy (non-hydrogen) atoms. The number of methoxy groups -OCH3 is 1. The zero-order valence-corrected chi connectivity index (χ0v) is 12.3. The summed E-state index contributed by atoms with van der Waals surface area (Å²) in [6.07, 6.45) is 3.71. The van der Waals surface area contributed by atoms with Gasteiger partial charge in [0.2, 0.25) is 0 Å². The van der Waals surface area contributed by atoms with Crippen molar-refractivity contribution in [2.24, 2.45) is 5.92 Å². The van der Waals surface area contributed by atoms with Gasteiger partial charge in [-0.1, -0.05) is 34.1 Å². The topological polar surface area (TPSA) is 38.3 Å². The van der Waals surface area contributed by atoms with Gasteiger partial charge in [-0.3, -0.25) is 10.1 Å². The van der Waals surface area contributed by atoms with Crippen LogP contribution < -0.4 is 5.32 Å². The number of nitrogens with one attached hydrogen (secondary N) is 1. The van der Waals surface area contributed by atoms with Crippen LogP contribution in [0.25, 0.3) is 0 Å². The molecule has 3 nitrogen and oxygen atoms in total. The molecule has 0 radical (unpaired) electrons. The van der Waals surface area contributed by atoms with Crippen molar-refractivity contribution in [3.05, 3.63) is 0 Å². The van der Waals surface area contributed by atoms with Crippen LogP contribution in [0, 0.1) is 5.92 Å². The number of carbonyl (C=O) groups excluding carboxylic acids is 1. The van der Waals surface area contributed by atoms with Crippen molar-refractivity contribution >= 4 is 5.97 Å². The molecule has 0 aromatic rings. The highest BCUT2D eigenvalue weighted by Crippen LogP contribution is 2.25. The highest BCUT2D eigenvalue weighted by atomic mass is 16.5. The predicted molar refractivity (Wildman–Crippen MR) is 72.0 cm³/mol. The number of carbonyl (C=O) groups is 1. The highest BCUT2D eigenvalue weighted by molar-refractivity contribution is 5.80. The average molecular weight is 243 g/mol. The van der Waals surface area contributed by atoms with E-state index in [-0.39, 0.29) is 5.97 Å². The van der Waals surface area contributed by atoms with Crippen LogP contribution in [-0.2, 0) is 9.53 Å². The second-order valence-corrected chi connectivity index (χ2v) is 5.10. The summed E-state index contributed by atoms with van der Waals surface area (Å²) in [5.74, 6) is 0.395. The van der Waals surface area contributed by atoms with Gasteiger partial charge in [0, 0.05) is 6.04 Å². The van der Waals surface area contributed by atoms with Crippen LogP contribution in [0.15, 0.2) is 0 Å². The summed E-state index contributed by atoms with van der Waals surface area (Å²) in [4.78, 5) is 12.1. The van der Waals surface area contributed by atoms with E-state index in [0.717, 1.165) is 25.7 Å². The van der Waals surface area contributed by atoms with Gasteiger partial charge in [-0.25, -0.2) is 0 Å². The van der Waals surface area contributed by atoms with Crippen LogP contribution in [0.2, 0.25) is 0 Å². The van der Waals surface area contributed by atoms with E-state index in [1.54, 1.807) is 0 Å². The van der Waals surface area contributed by atoms with Gasteiger partial charge in [0.05, 0.1) is 7.11 Å². The summed E-state index contributed by atoms with van der Waals surface area (Å²) in [7, 11) is 1.47. The van der Waals surface area contributed by atoms with Crippen molar-refractivity contribution in [2.75, 3.05) is 7.11 Å². The fraction of sp³-hybridized carbons (Fsp3) is 0.929. The second kappa shape index (κ2) is 7.70. The molecule has 0 spiro atoms. The summed E-state index contributed by atoms with van der Waals surface area (Å²) in [5, 5.41) is 3.47. The Labute approximate surface area is 106 Å². The first-order valence-electron chi connectivity index (χ1n) is 6.81. The van der Waals surface area contributed by atoms with Gasteiger partial charge in [0.25, 0.3) is 0 Å². The Morgan fingerprint density at radius 2 is 1.82 bits per heavy atom. The van der Waals surface area contributed by atoms with Crippen LogP contribution in [0.4, 0.5) is 0 Å². The first-order chi connectivity index (χ1) is 7.95. The zero-order valence-electron chi connectivity index (χ0n) is 12.3. The maximum absolute atomic E-state index is 12.1. The Balaban J connectivity index is 4.93. The molecule has 102 valence electrons. The molecule has 0 saturated heterocycles. The van der Waals surface area contributed by atoms with Crippen molar-refractivity contribution in [2.45, 2.75) is 71.9 Å². The fourth-order valence-corrected chi connectivity index (χ4v) is 2.10.